The number of hydrogen-bond acceptors (Lipinski definition) is 8. The van der Waals surface area contributed by atoms with Crippen LogP contribution >= 0.6 is 7.82 Å². The molecule has 0 aliphatic carbocycles. The number of hydrogen-bond donors (Lipinski definition) is 3. The highest BCUT2D eigenvalue weighted by molar-refractivity contribution is 7.47. The molecule has 0 saturated heterocycles. The van der Waals surface area contributed by atoms with E-state index in [-0.39, 0.29) is 13.0 Å². The Morgan fingerprint density at radius 1 is 0.588 bits per heavy atom. The topological polar surface area (TPSA) is 132 Å². The minimum Gasteiger partial charge on any atom is -0.498 e. The van der Waals surface area contributed by atoms with E-state index in [1.54, 1.807) is 6.26 Å². The lowest BCUT2D eigenvalue weighted by Crippen LogP contribution is -2.28. The van der Waals surface area contributed by atoms with Gasteiger partial charge in [-0.2, -0.15) is 0 Å². The maximum atomic E-state index is 12.6. The van der Waals surface area contributed by atoms with Gasteiger partial charge < -0.3 is 24.6 Å². The van der Waals surface area contributed by atoms with Crippen molar-refractivity contribution in [1.29, 1.82) is 0 Å². The summed E-state index contributed by atoms with van der Waals surface area (Å²) in [5.41, 5.74) is 0. The molecule has 0 aromatic heterocycles. The van der Waals surface area contributed by atoms with E-state index in [2.05, 4.69) is 13.8 Å². The summed E-state index contributed by atoms with van der Waals surface area (Å²) in [6, 6.07) is 0. The Kier molecular flexibility index (Phi) is 38.0. The molecule has 0 aliphatic rings. The van der Waals surface area contributed by atoms with E-state index >= 15 is 0 Å². The first kappa shape index (κ1) is 50.0. The SMILES string of the molecule is CCCCCCCCCCCCCC/C=C\OC[C@H](COP(=O)(O)OC[C@@H](O)CO)OC(=O)CCCCCCCCCCCCCCCCCC. The number of phosphoric acid groups is 1. The van der Waals surface area contributed by atoms with E-state index in [1.165, 1.54) is 154 Å². The highest BCUT2D eigenvalue weighted by Gasteiger charge is 2.26. The van der Waals surface area contributed by atoms with Crippen molar-refractivity contribution in [2.75, 3.05) is 26.4 Å². The largest absolute Gasteiger partial charge is 0.498 e. The molecule has 0 radical (unpaired) electrons. The van der Waals surface area contributed by atoms with Gasteiger partial charge in [-0.25, -0.2) is 4.57 Å². The molecule has 1 unspecified atom stereocenters. The van der Waals surface area contributed by atoms with Crippen LogP contribution < -0.4 is 0 Å². The molecule has 0 spiro atoms. The van der Waals surface area contributed by atoms with E-state index in [9.17, 15) is 19.4 Å². The van der Waals surface area contributed by atoms with Crippen molar-refractivity contribution >= 4 is 13.8 Å². The van der Waals surface area contributed by atoms with Crippen molar-refractivity contribution in [3.05, 3.63) is 12.3 Å². The number of carbonyl (C=O) groups excluding carboxylic acids is 1. The summed E-state index contributed by atoms with van der Waals surface area (Å²) in [5, 5.41) is 18.3. The maximum Gasteiger partial charge on any atom is 0.472 e. The molecule has 3 atom stereocenters. The van der Waals surface area contributed by atoms with Crippen LogP contribution in [-0.4, -0.2) is 59.7 Å². The summed E-state index contributed by atoms with van der Waals surface area (Å²) in [6.07, 6.45) is 38.2. The van der Waals surface area contributed by atoms with Crippen molar-refractivity contribution in [3.8, 4) is 0 Å². The number of unbranched alkanes of at least 4 members (excludes halogenated alkanes) is 27. The number of aliphatic hydroxyl groups excluding tert-OH is 2. The zero-order valence-electron chi connectivity index (χ0n) is 33.1. The van der Waals surface area contributed by atoms with Gasteiger partial charge in [0.25, 0.3) is 0 Å². The van der Waals surface area contributed by atoms with Gasteiger partial charge in [-0.3, -0.25) is 13.8 Å². The fraction of sp³-hybridized carbons (Fsp3) is 0.927. The first-order chi connectivity index (χ1) is 24.8. The van der Waals surface area contributed by atoms with Gasteiger partial charge in [0.05, 0.1) is 26.1 Å². The first-order valence-electron chi connectivity index (χ1n) is 21.2. The van der Waals surface area contributed by atoms with Crippen LogP contribution in [0.2, 0.25) is 0 Å². The van der Waals surface area contributed by atoms with Crippen molar-refractivity contribution in [2.45, 2.75) is 219 Å². The van der Waals surface area contributed by atoms with E-state index in [1.807, 2.05) is 6.08 Å². The minimum atomic E-state index is -4.52. The smallest absolute Gasteiger partial charge is 0.472 e. The second kappa shape index (κ2) is 38.8. The summed E-state index contributed by atoms with van der Waals surface area (Å²) < 4.78 is 33.1. The van der Waals surface area contributed by atoms with Crippen LogP contribution in [0.5, 0.6) is 0 Å². The van der Waals surface area contributed by atoms with Crippen LogP contribution in [0, 0.1) is 0 Å². The number of aliphatic hydroxyl groups is 2. The monoisotopic (exact) mass is 749 g/mol. The van der Waals surface area contributed by atoms with Crippen LogP contribution in [0.15, 0.2) is 12.3 Å². The molecular formula is C41H81O9P. The van der Waals surface area contributed by atoms with Gasteiger partial charge in [0, 0.05) is 6.42 Å². The predicted octanol–water partition coefficient (Wildman–Crippen LogP) is 11.7. The minimum absolute atomic E-state index is 0.0289. The van der Waals surface area contributed by atoms with Crippen molar-refractivity contribution in [3.63, 3.8) is 0 Å². The van der Waals surface area contributed by atoms with Gasteiger partial charge in [0.2, 0.25) is 0 Å². The molecule has 0 saturated carbocycles. The lowest BCUT2D eigenvalue weighted by Gasteiger charge is -2.20. The second-order valence-electron chi connectivity index (χ2n) is 14.4. The molecule has 0 amide bonds. The summed E-state index contributed by atoms with van der Waals surface area (Å²) in [7, 11) is -4.52. The Morgan fingerprint density at radius 2 is 0.980 bits per heavy atom. The standard InChI is InChI=1S/C41H81O9P/c1-3-5-7-9-11-13-15-17-19-20-21-23-25-27-29-31-33-41(44)50-40(38-49-51(45,46)48-36-39(43)35-42)37-47-34-32-30-28-26-24-22-18-16-14-12-10-8-6-4-2/h32,34,39-40,42-43H,3-31,33,35-38H2,1-2H3,(H,45,46)/b34-32-/t39-,40+/m0/s1. The molecule has 0 fully saturated rings. The third-order valence-electron chi connectivity index (χ3n) is 9.30. The molecule has 10 heteroatoms. The average molecular weight is 749 g/mol. The average Bonchev–Trinajstić information content (AvgIpc) is 3.12. The maximum absolute atomic E-state index is 12.6. The van der Waals surface area contributed by atoms with Gasteiger partial charge in [0.1, 0.15) is 12.7 Å². The number of phosphoric ester groups is 1. The van der Waals surface area contributed by atoms with E-state index in [4.69, 9.17) is 23.6 Å². The number of allylic oxidation sites excluding steroid dienone is 1. The van der Waals surface area contributed by atoms with E-state index < -0.39 is 45.8 Å². The Balaban J connectivity index is 4.20. The predicted molar refractivity (Wildman–Crippen MR) is 210 cm³/mol. The normalized spacial score (nSPS) is 14.1. The van der Waals surface area contributed by atoms with Crippen molar-refractivity contribution in [2.24, 2.45) is 0 Å². The van der Waals surface area contributed by atoms with Gasteiger partial charge in [0.15, 0.2) is 6.10 Å². The summed E-state index contributed by atoms with van der Waals surface area (Å²) >= 11 is 0. The summed E-state index contributed by atoms with van der Waals surface area (Å²) in [6.45, 7) is 2.91. The molecule has 0 aromatic rings. The third kappa shape index (κ3) is 38.6. The van der Waals surface area contributed by atoms with E-state index in [0.29, 0.717) is 0 Å². The number of rotatable bonds is 41. The fourth-order valence-electron chi connectivity index (χ4n) is 6.03. The Bertz CT molecular complexity index is 810. The summed E-state index contributed by atoms with van der Waals surface area (Å²) in [5.74, 6) is -0.401. The number of carbonyl (C=O) groups is 1. The lowest BCUT2D eigenvalue weighted by atomic mass is 10.0. The Labute approximate surface area is 313 Å². The van der Waals surface area contributed by atoms with Crippen LogP contribution in [-0.2, 0) is 27.9 Å². The molecule has 304 valence electrons. The molecule has 0 heterocycles. The van der Waals surface area contributed by atoms with Crippen LogP contribution in [0.25, 0.3) is 0 Å². The molecule has 0 aliphatic heterocycles. The third-order valence-corrected chi connectivity index (χ3v) is 10.2. The fourth-order valence-corrected chi connectivity index (χ4v) is 6.82. The molecule has 51 heavy (non-hydrogen) atoms. The van der Waals surface area contributed by atoms with Crippen LogP contribution in [0.1, 0.15) is 206 Å². The highest BCUT2D eigenvalue weighted by atomic mass is 31.2. The highest BCUT2D eigenvalue weighted by Crippen LogP contribution is 2.43. The number of ether oxygens (including phenoxy) is 2. The number of esters is 1. The molecule has 0 bridgehead atoms. The second-order valence-corrected chi connectivity index (χ2v) is 15.9. The molecule has 0 rings (SSSR count). The molecule has 0 aromatic carbocycles. The van der Waals surface area contributed by atoms with E-state index in [0.717, 1.165) is 32.1 Å². The quantitative estimate of drug-likeness (QED) is 0.0242. The van der Waals surface area contributed by atoms with Crippen molar-refractivity contribution < 1.29 is 43.0 Å². The van der Waals surface area contributed by atoms with Crippen LogP contribution in [0.4, 0.5) is 0 Å². The van der Waals surface area contributed by atoms with Gasteiger partial charge in [-0.15, -0.1) is 0 Å². The molecule has 9 nitrogen and oxygen atoms in total. The molecular weight excluding hydrogens is 667 g/mol. The Hall–Kier alpha value is -0.960. The Morgan fingerprint density at radius 3 is 1.41 bits per heavy atom. The van der Waals surface area contributed by atoms with Crippen molar-refractivity contribution in [1.82, 2.24) is 0 Å². The van der Waals surface area contributed by atoms with Gasteiger partial charge in [-0.1, -0.05) is 181 Å². The van der Waals surface area contributed by atoms with Gasteiger partial charge >= 0.3 is 13.8 Å². The molecule has 3 N–H and O–H groups in total. The van der Waals surface area contributed by atoms with Gasteiger partial charge in [-0.05, 0) is 25.3 Å². The first-order valence-corrected chi connectivity index (χ1v) is 22.7. The van der Waals surface area contributed by atoms with Crippen LogP contribution in [0.3, 0.4) is 0 Å². The lowest BCUT2D eigenvalue weighted by molar-refractivity contribution is -0.153. The zero-order valence-corrected chi connectivity index (χ0v) is 34.0. The summed E-state index contributed by atoms with van der Waals surface area (Å²) in [4.78, 5) is 22.5. The zero-order chi connectivity index (χ0) is 37.5.